The van der Waals surface area contributed by atoms with Crippen molar-refractivity contribution in [2.24, 2.45) is 0 Å². The zero-order chi connectivity index (χ0) is 14.0. The van der Waals surface area contributed by atoms with Crippen LogP contribution in [-0.2, 0) is 4.79 Å². The Kier molecular flexibility index (Phi) is 3.83. The molecule has 1 aliphatic rings. The van der Waals surface area contributed by atoms with E-state index in [1.54, 1.807) is 11.0 Å². The summed E-state index contributed by atoms with van der Waals surface area (Å²) in [5.41, 5.74) is 2.14. The van der Waals surface area contributed by atoms with Crippen molar-refractivity contribution in [2.75, 3.05) is 6.54 Å². The number of aromatic nitrogens is 1. The van der Waals surface area contributed by atoms with Crippen molar-refractivity contribution in [3.05, 3.63) is 29.1 Å². The Hall–Kier alpha value is -1.91. The minimum Gasteiger partial charge on any atom is -0.481 e. The summed E-state index contributed by atoms with van der Waals surface area (Å²) >= 11 is 0. The second-order valence-corrected chi connectivity index (χ2v) is 4.96. The molecular formula is C14H18N2O3. The van der Waals surface area contributed by atoms with Crippen molar-refractivity contribution in [3.63, 3.8) is 0 Å². The normalized spacial score (nSPS) is 14.2. The van der Waals surface area contributed by atoms with Gasteiger partial charge in [-0.3, -0.25) is 14.6 Å². The summed E-state index contributed by atoms with van der Waals surface area (Å²) in [6.45, 7) is 3.96. The highest BCUT2D eigenvalue weighted by molar-refractivity contribution is 5.95. The van der Waals surface area contributed by atoms with Gasteiger partial charge in [-0.25, -0.2) is 0 Å². The van der Waals surface area contributed by atoms with Gasteiger partial charge in [-0.2, -0.15) is 0 Å². The van der Waals surface area contributed by atoms with Gasteiger partial charge in [0.25, 0.3) is 5.91 Å². The molecule has 0 radical (unpaired) electrons. The van der Waals surface area contributed by atoms with Crippen molar-refractivity contribution in [1.29, 1.82) is 0 Å². The van der Waals surface area contributed by atoms with Crippen LogP contribution in [0.5, 0.6) is 0 Å². The van der Waals surface area contributed by atoms with Crippen molar-refractivity contribution >= 4 is 11.9 Å². The van der Waals surface area contributed by atoms with E-state index in [9.17, 15) is 9.59 Å². The molecule has 1 amide bonds. The topological polar surface area (TPSA) is 70.5 Å². The number of carboxylic acid groups (broad SMARTS) is 1. The summed E-state index contributed by atoms with van der Waals surface area (Å²) in [4.78, 5) is 29.1. The van der Waals surface area contributed by atoms with Gasteiger partial charge in [0.1, 0.15) is 0 Å². The van der Waals surface area contributed by atoms with Crippen LogP contribution < -0.4 is 0 Å². The van der Waals surface area contributed by atoms with E-state index in [-0.39, 0.29) is 24.9 Å². The van der Waals surface area contributed by atoms with E-state index in [1.807, 2.05) is 19.9 Å². The van der Waals surface area contributed by atoms with Crippen LogP contribution >= 0.6 is 0 Å². The molecule has 0 bridgehead atoms. The van der Waals surface area contributed by atoms with Gasteiger partial charge in [0.15, 0.2) is 0 Å². The number of hydrogen-bond donors (Lipinski definition) is 1. The molecular weight excluding hydrogens is 244 g/mol. The fraction of sp³-hybridized carbons (Fsp3) is 0.500. The first kappa shape index (κ1) is 13.5. The average Bonchev–Trinajstić information content (AvgIpc) is 3.13. The minimum atomic E-state index is -0.878. The third-order valence-electron chi connectivity index (χ3n) is 3.27. The molecule has 0 atom stereocenters. The van der Waals surface area contributed by atoms with E-state index in [0.29, 0.717) is 11.3 Å². The van der Waals surface area contributed by atoms with E-state index >= 15 is 0 Å². The number of rotatable bonds is 5. The number of carboxylic acids is 1. The summed E-state index contributed by atoms with van der Waals surface area (Å²) in [6, 6.07) is 3.78. The van der Waals surface area contributed by atoms with Gasteiger partial charge in [0.2, 0.25) is 0 Å². The average molecular weight is 262 g/mol. The van der Waals surface area contributed by atoms with Gasteiger partial charge in [-0.05, 0) is 38.8 Å². The lowest BCUT2D eigenvalue weighted by atomic mass is 10.1. The van der Waals surface area contributed by atoms with Crippen LogP contribution in [0.3, 0.4) is 0 Å². The number of carbonyl (C=O) groups excluding carboxylic acids is 1. The summed E-state index contributed by atoms with van der Waals surface area (Å²) in [7, 11) is 0. The summed E-state index contributed by atoms with van der Waals surface area (Å²) in [5.74, 6) is -0.981. The van der Waals surface area contributed by atoms with Crippen LogP contribution in [0.15, 0.2) is 12.1 Å². The van der Waals surface area contributed by atoms with Gasteiger partial charge >= 0.3 is 5.97 Å². The Bertz CT molecular complexity index is 509. The van der Waals surface area contributed by atoms with Crippen LogP contribution in [0.1, 0.15) is 41.0 Å². The van der Waals surface area contributed by atoms with Gasteiger partial charge < -0.3 is 10.0 Å². The molecule has 19 heavy (non-hydrogen) atoms. The van der Waals surface area contributed by atoms with E-state index in [4.69, 9.17) is 5.11 Å². The van der Waals surface area contributed by atoms with Gasteiger partial charge in [0, 0.05) is 18.3 Å². The maximum Gasteiger partial charge on any atom is 0.305 e. The Morgan fingerprint density at radius 1 is 1.37 bits per heavy atom. The standard InChI is InChI=1S/C14H18N2O3/c1-9-3-6-12(10(2)15-9)14(19)16(11-4-5-11)8-7-13(17)18/h3,6,11H,4-5,7-8H2,1-2H3,(H,17,18). The fourth-order valence-electron chi connectivity index (χ4n) is 2.12. The van der Waals surface area contributed by atoms with Crippen LogP contribution in [0, 0.1) is 13.8 Å². The largest absolute Gasteiger partial charge is 0.481 e. The van der Waals surface area contributed by atoms with Crippen molar-refractivity contribution in [3.8, 4) is 0 Å². The molecule has 1 aliphatic carbocycles. The van der Waals surface area contributed by atoms with Gasteiger partial charge in [0.05, 0.1) is 17.7 Å². The Morgan fingerprint density at radius 2 is 2.05 bits per heavy atom. The molecule has 102 valence electrons. The summed E-state index contributed by atoms with van der Waals surface area (Å²) in [5, 5.41) is 8.76. The molecule has 0 aliphatic heterocycles. The van der Waals surface area contributed by atoms with Crippen molar-refractivity contribution < 1.29 is 14.7 Å². The maximum absolute atomic E-state index is 12.5. The predicted octanol–water partition coefficient (Wildman–Crippen LogP) is 1.78. The first-order valence-electron chi connectivity index (χ1n) is 6.46. The number of pyridine rings is 1. The first-order valence-corrected chi connectivity index (χ1v) is 6.46. The lowest BCUT2D eigenvalue weighted by Gasteiger charge is -2.22. The van der Waals surface area contributed by atoms with E-state index in [0.717, 1.165) is 18.5 Å². The maximum atomic E-state index is 12.5. The summed E-state index contributed by atoms with van der Waals surface area (Å²) < 4.78 is 0. The smallest absolute Gasteiger partial charge is 0.305 e. The number of aryl methyl sites for hydroxylation is 2. The lowest BCUT2D eigenvalue weighted by molar-refractivity contribution is -0.137. The minimum absolute atomic E-state index is 0.0133. The van der Waals surface area contributed by atoms with Crippen LogP contribution in [0.4, 0.5) is 0 Å². The van der Waals surface area contributed by atoms with Gasteiger partial charge in [-0.1, -0.05) is 0 Å². The van der Waals surface area contributed by atoms with Crippen LogP contribution in [0.2, 0.25) is 0 Å². The molecule has 5 nitrogen and oxygen atoms in total. The van der Waals surface area contributed by atoms with Gasteiger partial charge in [-0.15, -0.1) is 0 Å². The molecule has 1 aromatic heterocycles. The molecule has 2 rings (SSSR count). The number of aliphatic carboxylic acids is 1. The Morgan fingerprint density at radius 3 is 2.58 bits per heavy atom. The fourth-order valence-corrected chi connectivity index (χ4v) is 2.12. The highest BCUT2D eigenvalue weighted by Gasteiger charge is 2.33. The molecule has 1 aromatic rings. The summed E-state index contributed by atoms with van der Waals surface area (Å²) in [6.07, 6.45) is 1.91. The third kappa shape index (κ3) is 3.30. The molecule has 0 unspecified atom stereocenters. The second kappa shape index (κ2) is 5.38. The van der Waals surface area contributed by atoms with Crippen molar-refractivity contribution in [1.82, 2.24) is 9.88 Å². The third-order valence-corrected chi connectivity index (χ3v) is 3.27. The molecule has 1 fully saturated rings. The highest BCUT2D eigenvalue weighted by atomic mass is 16.4. The second-order valence-electron chi connectivity index (χ2n) is 4.96. The van der Waals surface area contributed by atoms with Crippen LogP contribution in [-0.4, -0.2) is 39.5 Å². The van der Waals surface area contributed by atoms with E-state index < -0.39 is 5.97 Å². The molecule has 5 heteroatoms. The number of amides is 1. The van der Waals surface area contributed by atoms with E-state index in [2.05, 4.69) is 4.98 Å². The zero-order valence-corrected chi connectivity index (χ0v) is 11.2. The number of hydrogen-bond acceptors (Lipinski definition) is 3. The number of nitrogens with zero attached hydrogens (tertiary/aromatic N) is 2. The molecule has 1 N–H and O–H groups in total. The van der Waals surface area contributed by atoms with Crippen molar-refractivity contribution in [2.45, 2.75) is 39.2 Å². The highest BCUT2D eigenvalue weighted by Crippen LogP contribution is 2.28. The molecule has 0 saturated heterocycles. The molecule has 0 aromatic carbocycles. The predicted molar refractivity (Wildman–Crippen MR) is 70.0 cm³/mol. The molecule has 0 spiro atoms. The SMILES string of the molecule is Cc1ccc(C(=O)N(CCC(=O)O)C2CC2)c(C)n1. The Labute approximate surface area is 112 Å². The molecule has 1 heterocycles. The first-order chi connectivity index (χ1) is 8.99. The lowest BCUT2D eigenvalue weighted by Crippen LogP contribution is -2.35. The molecule has 1 saturated carbocycles. The zero-order valence-electron chi connectivity index (χ0n) is 11.2. The quantitative estimate of drug-likeness (QED) is 0.878. The monoisotopic (exact) mass is 262 g/mol. The van der Waals surface area contributed by atoms with E-state index in [1.165, 1.54) is 0 Å². The number of carbonyl (C=O) groups is 2. The Balaban J connectivity index is 2.16. The van der Waals surface area contributed by atoms with Crippen LogP contribution in [0.25, 0.3) is 0 Å².